The summed E-state index contributed by atoms with van der Waals surface area (Å²) in [6.07, 6.45) is 5.45. The SMILES string of the molecule is CC(=O)N1CCC[C@H](c2cccc(Nc3ncccn3)n2)C1. The number of pyridine rings is 1. The minimum atomic E-state index is 0.136. The van der Waals surface area contributed by atoms with Gasteiger partial charge in [-0.1, -0.05) is 6.07 Å². The molecule has 0 unspecified atom stereocenters. The van der Waals surface area contributed by atoms with E-state index in [1.54, 1.807) is 25.4 Å². The van der Waals surface area contributed by atoms with E-state index >= 15 is 0 Å². The molecule has 1 saturated heterocycles. The van der Waals surface area contributed by atoms with Gasteiger partial charge >= 0.3 is 0 Å². The molecule has 0 aromatic carbocycles. The minimum absolute atomic E-state index is 0.136. The average molecular weight is 297 g/mol. The molecule has 0 radical (unpaired) electrons. The van der Waals surface area contributed by atoms with Crippen LogP contribution in [0.5, 0.6) is 0 Å². The number of aromatic nitrogens is 3. The second-order valence-corrected chi connectivity index (χ2v) is 5.45. The lowest BCUT2D eigenvalue weighted by Gasteiger charge is -2.31. The molecule has 1 N–H and O–H groups in total. The first-order valence-electron chi connectivity index (χ1n) is 7.49. The van der Waals surface area contributed by atoms with E-state index in [1.165, 1.54) is 0 Å². The van der Waals surface area contributed by atoms with E-state index in [2.05, 4.69) is 20.3 Å². The molecule has 6 heteroatoms. The Kier molecular flexibility index (Phi) is 4.27. The number of anilines is 2. The van der Waals surface area contributed by atoms with Gasteiger partial charge in [-0.15, -0.1) is 0 Å². The summed E-state index contributed by atoms with van der Waals surface area (Å²) in [5.74, 6) is 1.68. The highest BCUT2D eigenvalue weighted by Crippen LogP contribution is 2.26. The Bertz CT molecular complexity index is 646. The summed E-state index contributed by atoms with van der Waals surface area (Å²) in [7, 11) is 0. The number of amides is 1. The van der Waals surface area contributed by atoms with Gasteiger partial charge in [-0.25, -0.2) is 15.0 Å². The van der Waals surface area contributed by atoms with Crippen molar-refractivity contribution < 1.29 is 4.79 Å². The van der Waals surface area contributed by atoms with Gasteiger partial charge in [0.25, 0.3) is 0 Å². The Hall–Kier alpha value is -2.50. The Morgan fingerprint density at radius 3 is 2.86 bits per heavy atom. The van der Waals surface area contributed by atoms with Crippen LogP contribution in [0.2, 0.25) is 0 Å². The van der Waals surface area contributed by atoms with Crippen LogP contribution in [-0.4, -0.2) is 38.8 Å². The fourth-order valence-corrected chi connectivity index (χ4v) is 2.73. The lowest BCUT2D eigenvalue weighted by atomic mass is 9.94. The van der Waals surface area contributed by atoms with E-state index < -0.39 is 0 Å². The third-order valence-electron chi connectivity index (χ3n) is 3.86. The van der Waals surface area contributed by atoms with E-state index in [-0.39, 0.29) is 11.8 Å². The predicted octanol–water partition coefficient (Wildman–Crippen LogP) is 2.34. The summed E-state index contributed by atoms with van der Waals surface area (Å²) in [6.45, 7) is 3.22. The molecule has 6 nitrogen and oxygen atoms in total. The van der Waals surface area contributed by atoms with Crippen LogP contribution >= 0.6 is 0 Å². The standard InChI is InChI=1S/C16H19N5O/c1-12(22)21-10-3-5-13(11-21)14-6-2-7-15(19-14)20-16-17-8-4-9-18-16/h2,4,6-9,13H,3,5,10-11H2,1H3,(H,17,18,19,20)/t13-/m0/s1. The van der Waals surface area contributed by atoms with E-state index in [4.69, 9.17) is 0 Å². The second kappa shape index (κ2) is 6.51. The van der Waals surface area contributed by atoms with Crippen molar-refractivity contribution in [3.8, 4) is 0 Å². The van der Waals surface area contributed by atoms with E-state index in [0.29, 0.717) is 5.95 Å². The highest BCUT2D eigenvalue weighted by Gasteiger charge is 2.23. The fourth-order valence-electron chi connectivity index (χ4n) is 2.73. The van der Waals surface area contributed by atoms with Crippen LogP contribution in [-0.2, 0) is 4.79 Å². The zero-order valence-electron chi connectivity index (χ0n) is 12.6. The maximum Gasteiger partial charge on any atom is 0.228 e. The summed E-state index contributed by atoms with van der Waals surface area (Å²) in [5, 5.41) is 3.10. The quantitative estimate of drug-likeness (QED) is 0.941. The minimum Gasteiger partial charge on any atom is -0.342 e. The highest BCUT2D eigenvalue weighted by molar-refractivity contribution is 5.73. The van der Waals surface area contributed by atoms with E-state index in [0.717, 1.165) is 37.4 Å². The summed E-state index contributed by atoms with van der Waals surface area (Å²) in [5.41, 5.74) is 1.01. The van der Waals surface area contributed by atoms with Gasteiger partial charge in [0.1, 0.15) is 5.82 Å². The first-order valence-corrected chi connectivity index (χ1v) is 7.49. The Morgan fingerprint density at radius 2 is 2.09 bits per heavy atom. The van der Waals surface area contributed by atoms with Gasteiger partial charge in [-0.2, -0.15) is 0 Å². The predicted molar refractivity (Wildman–Crippen MR) is 83.8 cm³/mol. The van der Waals surface area contributed by atoms with Crippen LogP contribution in [0.4, 0.5) is 11.8 Å². The van der Waals surface area contributed by atoms with Crippen LogP contribution < -0.4 is 5.32 Å². The molecule has 114 valence electrons. The number of piperidine rings is 1. The maximum atomic E-state index is 11.6. The third-order valence-corrected chi connectivity index (χ3v) is 3.86. The molecule has 1 atom stereocenters. The fraction of sp³-hybridized carbons (Fsp3) is 0.375. The molecule has 1 aliphatic heterocycles. The summed E-state index contributed by atoms with van der Waals surface area (Å²) >= 11 is 0. The van der Waals surface area contributed by atoms with Crippen LogP contribution in [0.15, 0.2) is 36.7 Å². The molecule has 0 bridgehead atoms. The van der Waals surface area contributed by atoms with Crippen LogP contribution in [0.3, 0.4) is 0 Å². The topological polar surface area (TPSA) is 71.0 Å². The smallest absolute Gasteiger partial charge is 0.228 e. The first kappa shape index (κ1) is 14.4. The molecule has 0 aliphatic carbocycles. The van der Waals surface area contributed by atoms with Gasteiger partial charge in [0.15, 0.2) is 0 Å². The van der Waals surface area contributed by atoms with Crippen molar-refractivity contribution in [2.45, 2.75) is 25.7 Å². The molecular formula is C16H19N5O. The van der Waals surface area contributed by atoms with Gasteiger partial charge in [0.2, 0.25) is 11.9 Å². The van der Waals surface area contributed by atoms with Crippen molar-refractivity contribution in [1.82, 2.24) is 19.9 Å². The molecule has 22 heavy (non-hydrogen) atoms. The molecule has 0 spiro atoms. The first-order chi connectivity index (χ1) is 10.7. The van der Waals surface area contributed by atoms with Gasteiger partial charge in [0.05, 0.1) is 0 Å². The Morgan fingerprint density at radius 1 is 1.27 bits per heavy atom. The van der Waals surface area contributed by atoms with Crippen molar-refractivity contribution in [1.29, 1.82) is 0 Å². The molecule has 3 rings (SSSR count). The third kappa shape index (κ3) is 3.39. The summed E-state index contributed by atoms with van der Waals surface area (Å²) in [4.78, 5) is 26.4. The lowest BCUT2D eigenvalue weighted by molar-refractivity contribution is -0.130. The maximum absolute atomic E-state index is 11.6. The second-order valence-electron chi connectivity index (χ2n) is 5.45. The molecule has 3 heterocycles. The van der Waals surface area contributed by atoms with Crippen molar-refractivity contribution in [3.05, 3.63) is 42.4 Å². The normalized spacial score (nSPS) is 18.0. The number of carbonyl (C=O) groups excluding carboxylic acids is 1. The summed E-state index contributed by atoms with van der Waals surface area (Å²) in [6, 6.07) is 7.66. The Balaban J connectivity index is 1.75. The lowest BCUT2D eigenvalue weighted by Crippen LogP contribution is -2.37. The van der Waals surface area contributed by atoms with Crippen molar-refractivity contribution in [2.24, 2.45) is 0 Å². The van der Waals surface area contributed by atoms with Crippen LogP contribution in [0.25, 0.3) is 0 Å². The van der Waals surface area contributed by atoms with Gasteiger partial charge in [-0.05, 0) is 31.0 Å². The largest absolute Gasteiger partial charge is 0.342 e. The van der Waals surface area contributed by atoms with Gasteiger partial charge in [-0.3, -0.25) is 4.79 Å². The number of carbonyl (C=O) groups is 1. The summed E-state index contributed by atoms with van der Waals surface area (Å²) < 4.78 is 0. The monoisotopic (exact) mass is 297 g/mol. The molecule has 0 saturated carbocycles. The average Bonchev–Trinajstić information content (AvgIpc) is 2.56. The molecule has 1 fully saturated rings. The number of rotatable bonds is 3. The Labute approximate surface area is 129 Å². The molecule has 1 aliphatic rings. The van der Waals surface area contributed by atoms with Crippen molar-refractivity contribution in [2.75, 3.05) is 18.4 Å². The molecule has 1 amide bonds. The van der Waals surface area contributed by atoms with Crippen molar-refractivity contribution in [3.63, 3.8) is 0 Å². The number of hydrogen-bond donors (Lipinski definition) is 1. The molecular weight excluding hydrogens is 278 g/mol. The number of nitrogens with zero attached hydrogens (tertiary/aromatic N) is 4. The van der Waals surface area contributed by atoms with Crippen LogP contribution in [0.1, 0.15) is 31.4 Å². The number of nitrogens with one attached hydrogen (secondary N) is 1. The van der Waals surface area contributed by atoms with E-state index in [1.807, 2.05) is 23.1 Å². The highest BCUT2D eigenvalue weighted by atomic mass is 16.2. The number of hydrogen-bond acceptors (Lipinski definition) is 5. The van der Waals surface area contributed by atoms with Gasteiger partial charge in [0, 0.05) is 44.0 Å². The van der Waals surface area contributed by atoms with Crippen LogP contribution in [0, 0.1) is 0 Å². The van der Waals surface area contributed by atoms with Crippen molar-refractivity contribution >= 4 is 17.7 Å². The van der Waals surface area contributed by atoms with E-state index in [9.17, 15) is 4.79 Å². The zero-order chi connectivity index (χ0) is 15.4. The molecule has 2 aromatic rings. The van der Waals surface area contributed by atoms with Gasteiger partial charge < -0.3 is 10.2 Å². The number of likely N-dealkylation sites (tertiary alicyclic amines) is 1. The zero-order valence-corrected chi connectivity index (χ0v) is 12.6. The molecule has 2 aromatic heterocycles.